The first-order valence-electron chi connectivity index (χ1n) is 5.14. The number of hydrogen-bond donors (Lipinski definition) is 1. The third-order valence-corrected chi connectivity index (χ3v) is 3.59. The van der Waals surface area contributed by atoms with Crippen LogP contribution in [0.2, 0.25) is 0 Å². The van der Waals surface area contributed by atoms with E-state index < -0.39 is 11.6 Å². The second-order valence-corrected chi connectivity index (χ2v) is 5.76. The average Bonchev–Trinajstić information content (AvgIpc) is 2.33. The SMILES string of the molecule is Oc1c(I)cc(Br)cc1C=Nc1ccc(F)cc1F. The number of benzene rings is 2. The number of hydrogen-bond acceptors (Lipinski definition) is 2. The molecule has 2 aromatic rings. The lowest BCUT2D eigenvalue weighted by molar-refractivity contribution is 0.470. The number of phenols is 1. The summed E-state index contributed by atoms with van der Waals surface area (Å²) in [5.74, 6) is -1.34. The monoisotopic (exact) mass is 437 g/mol. The van der Waals surface area contributed by atoms with Gasteiger partial charge in [0.1, 0.15) is 11.6 Å². The fourth-order valence-corrected chi connectivity index (χ4v) is 2.96. The number of aromatic hydroxyl groups is 1. The third kappa shape index (κ3) is 3.50. The summed E-state index contributed by atoms with van der Waals surface area (Å²) in [6, 6.07) is 6.52. The molecule has 2 nitrogen and oxygen atoms in total. The van der Waals surface area contributed by atoms with E-state index in [1.54, 1.807) is 12.1 Å². The van der Waals surface area contributed by atoms with Gasteiger partial charge in [-0.1, -0.05) is 15.9 Å². The van der Waals surface area contributed by atoms with Crippen molar-refractivity contribution in [2.45, 2.75) is 0 Å². The Kier molecular flexibility index (Phi) is 4.51. The second-order valence-electron chi connectivity index (χ2n) is 3.68. The molecule has 6 heteroatoms. The molecule has 2 aromatic carbocycles. The van der Waals surface area contributed by atoms with Crippen LogP contribution >= 0.6 is 38.5 Å². The summed E-state index contributed by atoms with van der Waals surface area (Å²) in [7, 11) is 0. The summed E-state index contributed by atoms with van der Waals surface area (Å²) in [5, 5.41) is 9.84. The minimum atomic E-state index is -0.750. The zero-order chi connectivity index (χ0) is 14.0. The Balaban J connectivity index is 2.38. The van der Waals surface area contributed by atoms with Crippen LogP contribution in [0.1, 0.15) is 5.56 Å². The highest BCUT2D eigenvalue weighted by Gasteiger charge is 2.06. The van der Waals surface area contributed by atoms with Gasteiger partial charge >= 0.3 is 0 Å². The van der Waals surface area contributed by atoms with E-state index in [4.69, 9.17) is 0 Å². The molecule has 0 saturated carbocycles. The molecule has 0 aromatic heterocycles. The second kappa shape index (κ2) is 5.96. The lowest BCUT2D eigenvalue weighted by Gasteiger charge is -2.03. The highest BCUT2D eigenvalue weighted by molar-refractivity contribution is 14.1. The van der Waals surface area contributed by atoms with Crippen LogP contribution in [-0.2, 0) is 0 Å². The number of halogens is 4. The largest absolute Gasteiger partial charge is 0.506 e. The predicted molar refractivity (Wildman–Crippen MR) is 82.1 cm³/mol. The Morgan fingerprint density at radius 3 is 2.63 bits per heavy atom. The first-order chi connectivity index (χ1) is 8.97. The molecule has 0 heterocycles. The molecule has 1 N–H and O–H groups in total. The molecule has 0 radical (unpaired) electrons. The van der Waals surface area contributed by atoms with Crippen molar-refractivity contribution in [2.24, 2.45) is 4.99 Å². The van der Waals surface area contributed by atoms with Gasteiger partial charge in [-0.2, -0.15) is 0 Å². The summed E-state index contributed by atoms with van der Waals surface area (Å²) < 4.78 is 27.5. The molecule has 0 saturated heterocycles. The molecule has 2 rings (SSSR count). The minimum Gasteiger partial charge on any atom is -0.506 e. The fraction of sp³-hybridized carbons (Fsp3) is 0. The molecule has 0 spiro atoms. The van der Waals surface area contributed by atoms with Gasteiger partial charge in [-0.25, -0.2) is 8.78 Å². The minimum absolute atomic E-state index is 0.00998. The summed E-state index contributed by atoms with van der Waals surface area (Å²) in [6.07, 6.45) is 1.33. The molecular weight excluding hydrogens is 431 g/mol. The van der Waals surface area contributed by atoms with Crippen molar-refractivity contribution in [3.05, 3.63) is 55.6 Å². The smallest absolute Gasteiger partial charge is 0.151 e. The van der Waals surface area contributed by atoms with E-state index in [-0.39, 0.29) is 11.4 Å². The summed E-state index contributed by atoms with van der Waals surface area (Å²) in [5.41, 5.74) is 0.457. The average molecular weight is 438 g/mol. The predicted octanol–water partition coefficient (Wildman–Crippen LogP) is 4.79. The van der Waals surface area contributed by atoms with Gasteiger partial charge in [0.05, 0.1) is 9.26 Å². The summed E-state index contributed by atoms with van der Waals surface area (Å²) in [4.78, 5) is 3.91. The van der Waals surface area contributed by atoms with Gasteiger partial charge < -0.3 is 5.11 Å². The maximum absolute atomic E-state index is 13.4. The molecule has 0 atom stereocenters. The lowest BCUT2D eigenvalue weighted by atomic mass is 10.2. The van der Waals surface area contributed by atoms with Gasteiger partial charge in [0.15, 0.2) is 5.82 Å². The van der Waals surface area contributed by atoms with Gasteiger partial charge in [-0.15, -0.1) is 0 Å². The Hall–Kier alpha value is -1.02. The number of nitrogens with zero attached hydrogens (tertiary/aromatic N) is 1. The first kappa shape index (κ1) is 14.4. The fourth-order valence-electron chi connectivity index (χ4n) is 1.41. The Labute approximate surface area is 130 Å². The van der Waals surface area contributed by atoms with E-state index in [0.29, 0.717) is 9.13 Å². The zero-order valence-electron chi connectivity index (χ0n) is 9.37. The van der Waals surface area contributed by atoms with Gasteiger partial charge in [-0.3, -0.25) is 4.99 Å². The first-order valence-corrected chi connectivity index (χ1v) is 7.01. The molecule has 0 aliphatic carbocycles. The number of rotatable bonds is 2. The van der Waals surface area contributed by atoms with Crippen LogP contribution in [-0.4, -0.2) is 11.3 Å². The number of aliphatic imine (C=N–C) groups is 1. The maximum atomic E-state index is 13.4. The Bertz CT molecular complexity index is 661. The van der Waals surface area contributed by atoms with Crippen molar-refractivity contribution < 1.29 is 13.9 Å². The van der Waals surface area contributed by atoms with Crippen LogP contribution in [0.4, 0.5) is 14.5 Å². The summed E-state index contributed by atoms with van der Waals surface area (Å²) in [6.45, 7) is 0. The van der Waals surface area contributed by atoms with Crippen molar-refractivity contribution in [2.75, 3.05) is 0 Å². The van der Waals surface area contributed by atoms with E-state index in [0.717, 1.165) is 16.6 Å². The molecule has 19 heavy (non-hydrogen) atoms. The van der Waals surface area contributed by atoms with Crippen molar-refractivity contribution in [1.29, 1.82) is 0 Å². The maximum Gasteiger partial charge on any atom is 0.151 e. The van der Waals surface area contributed by atoms with Crippen molar-refractivity contribution in [1.82, 2.24) is 0 Å². The van der Waals surface area contributed by atoms with E-state index in [1.165, 1.54) is 12.3 Å². The quantitative estimate of drug-likeness (QED) is 0.531. The van der Waals surface area contributed by atoms with Crippen molar-refractivity contribution in [3.8, 4) is 5.75 Å². The van der Waals surface area contributed by atoms with Crippen LogP contribution in [0.3, 0.4) is 0 Å². The van der Waals surface area contributed by atoms with E-state index in [9.17, 15) is 13.9 Å². The van der Waals surface area contributed by atoms with E-state index >= 15 is 0 Å². The normalized spacial score (nSPS) is 11.2. The Morgan fingerprint density at radius 2 is 1.95 bits per heavy atom. The van der Waals surface area contributed by atoms with Crippen molar-refractivity contribution in [3.63, 3.8) is 0 Å². The van der Waals surface area contributed by atoms with Crippen LogP contribution in [0, 0.1) is 15.2 Å². The van der Waals surface area contributed by atoms with Crippen LogP contribution < -0.4 is 0 Å². The van der Waals surface area contributed by atoms with Crippen LogP contribution in [0.25, 0.3) is 0 Å². The molecule has 0 aliphatic heterocycles. The Morgan fingerprint density at radius 1 is 1.21 bits per heavy atom. The van der Waals surface area contributed by atoms with Gasteiger partial charge in [0.25, 0.3) is 0 Å². The highest BCUT2D eigenvalue weighted by Crippen LogP contribution is 2.28. The molecule has 0 unspecified atom stereocenters. The molecule has 0 bridgehead atoms. The zero-order valence-corrected chi connectivity index (χ0v) is 13.1. The standard InChI is InChI=1S/C13H7BrF2INO/c14-8-3-7(13(19)11(17)4-8)6-18-12-2-1-9(15)5-10(12)16/h1-6,19H. The van der Waals surface area contributed by atoms with Crippen LogP contribution in [0.15, 0.2) is 39.8 Å². The molecule has 0 fully saturated rings. The lowest BCUT2D eigenvalue weighted by Crippen LogP contribution is -1.87. The molecule has 0 amide bonds. The van der Waals surface area contributed by atoms with E-state index in [2.05, 4.69) is 20.9 Å². The highest BCUT2D eigenvalue weighted by atomic mass is 127. The van der Waals surface area contributed by atoms with Gasteiger partial charge in [0.2, 0.25) is 0 Å². The topological polar surface area (TPSA) is 32.6 Å². The van der Waals surface area contributed by atoms with Gasteiger partial charge in [-0.05, 0) is 46.9 Å². The molecule has 0 aliphatic rings. The van der Waals surface area contributed by atoms with E-state index in [1.807, 2.05) is 22.6 Å². The number of phenolic OH excluding ortho intramolecular Hbond substituents is 1. The summed E-state index contributed by atoms with van der Waals surface area (Å²) >= 11 is 5.27. The van der Waals surface area contributed by atoms with Gasteiger partial charge in [0, 0.05) is 22.3 Å². The van der Waals surface area contributed by atoms with Crippen molar-refractivity contribution >= 4 is 50.4 Å². The molecular formula is C13H7BrF2INO. The van der Waals surface area contributed by atoms with Crippen LogP contribution in [0.5, 0.6) is 5.75 Å². The molecule has 98 valence electrons. The third-order valence-electron chi connectivity index (χ3n) is 2.31.